The number of anilines is 2. The van der Waals surface area contributed by atoms with Crippen LogP contribution in [-0.4, -0.2) is 30.4 Å². The van der Waals surface area contributed by atoms with Gasteiger partial charge in [-0.25, -0.2) is 14.2 Å². The number of hydrogen-bond acceptors (Lipinski definition) is 6. The Bertz CT molecular complexity index is 1100. The molecular formula is C23H23BrFN3O5. The van der Waals surface area contributed by atoms with Crippen LogP contribution < -0.4 is 20.1 Å². The number of carboxylic acid groups (broad SMARTS) is 1. The highest BCUT2D eigenvalue weighted by atomic mass is 79.9. The molecule has 0 aliphatic carbocycles. The number of hydrogen-bond donors (Lipinski definition) is 2. The van der Waals surface area contributed by atoms with Crippen LogP contribution in [0, 0.1) is 5.82 Å². The summed E-state index contributed by atoms with van der Waals surface area (Å²) in [6.07, 6.45) is -1.21. The molecule has 0 saturated carbocycles. The van der Waals surface area contributed by atoms with Gasteiger partial charge in [0.05, 0.1) is 44.1 Å². The number of benzene rings is 2. The number of nitrogen functional groups attached to an aromatic ring is 1. The number of nitrogens with two attached hydrogens (primary N) is 1. The van der Waals surface area contributed by atoms with Crippen LogP contribution in [0.5, 0.6) is 11.5 Å². The van der Waals surface area contributed by atoms with E-state index in [-0.39, 0.29) is 31.3 Å². The van der Waals surface area contributed by atoms with Gasteiger partial charge < -0.3 is 25.1 Å². The number of halogens is 2. The van der Waals surface area contributed by atoms with Crippen molar-refractivity contribution in [3.63, 3.8) is 0 Å². The summed E-state index contributed by atoms with van der Waals surface area (Å²) in [5, 5.41) is 9.68. The molecule has 3 aromatic rings. The zero-order valence-electron chi connectivity index (χ0n) is 18.0. The van der Waals surface area contributed by atoms with E-state index in [0.29, 0.717) is 21.7 Å². The van der Waals surface area contributed by atoms with E-state index in [1.165, 1.54) is 19.2 Å². The van der Waals surface area contributed by atoms with E-state index >= 15 is 0 Å². The molecule has 0 aliphatic rings. The highest BCUT2D eigenvalue weighted by Crippen LogP contribution is 2.32. The zero-order valence-corrected chi connectivity index (χ0v) is 19.6. The molecule has 33 heavy (non-hydrogen) atoms. The minimum Gasteiger partial charge on any atom is -0.497 e. The van der Waals surface area contributed by atoms with Gasteiger partial charge in [-0.3, -0.25) is 4.90 Å². The Kier molecular flexibility index (Phi) is 8.07. The van der Waals surface area contributed by atoms with Crippen LogP contribution in [0.3, 0.4) is 0 Å². The van der Waals surface area contributed by atoms with Gasteiger partial charge in [-0.15, -0.1) is 0 Å². The average Bonchev–Trinajstić information content (AvgIpc) is 2.79. The molecule has 1 amide bonds. The minimum absolute atomic E-state index is 0.00553. The lowest BCUT2D eigenvalue weighted by atomic mass is 10.2. The standard InChI is InChI=1S/C23H23BrFN3O5/c1-31-16-5-3-14(4-6-16)11-28(23(29)30)21-8-7-18(25)20(27-21)13-33-12-15-9-17(24)22(32-2)19(26)10-15/h3-10H,11-13,26H2,1-2H3,(H,29,30). The van der Waals surface area contributed by atoms with E-state index in [1.54, 1.807) is 43.5 Å². The fourth-order valence-electron chi connectivity index (χ4n) is 3.12. The number of nitrogens with zero attached hydrogens (tertiary/aromatic N) is 2. The highest BCUT2D eigenvalue weighted by Gasteiger charge is 2.18. The Morgan fingerprint density at radius 2 is 1.82 bits per heavy atom. The summed E-state index contributed by atoms with van der Waals surface area (Å²) in [5.41, 5.74) is 7.86. The van der Waals surface area contributed by atoms with Crippen LogP contribution in [0.1, 0.15) is 16.8 Å². The van der Waals surface area contributed by atoms with Crippen LogP contribution in [-0.2, 0) is 24.5 Å². The Labute approximate surface area is 198 Å². The van der Waals surface area contributed by atoms with Crippen LogP contribution >= 0.6 is 15.9 Å². The van der Waals surface area contributed by atoms with Crippen molar-refractivity contribution in [2.24, 2.45) is 0 Å². The molecule has 2 aromatic carbocycles. The predicted octanol–water partition coefficient (Wildman–Crippen LogP) is 4.98. The van der Waals surface area contributed by atoms with Gasteiger partial charge in [0.1, 0.15) is 23.1 Å². The Morgan fingerprint density at radius 1 is 1.09 bits per heavy atom. The van der Waals surface area contributed by atoms with Gasteiger partial charge in [0, 0.05) is 0 Å². The summed E-state index contributed by atoms with van der Waals surface area (Å²) >= 11 is 3.38. The van der Waals surface area contributed by atoms with E-state index in [2.05, 4.69) is 20.9 Å². The van der Waals surface area contributed by atoms with Crippen LogP contribution in [0.15, 0.2) is 53.0 Å². The third-order valence-corrected chi connectivity index (χ3v) is 5.34. The molecule has 0 radical (unpaired) electrons. The molecular weight excluding hydrogens is 497 g/mol. The summed E-state index contributed by atoms with van der Waals surface area (Å²) < 4.78 is 30.9. The second-order valence-electron chi connectivity index (χ2n) is 7.01. The first kappa shape index (κ1) is 24.3. The lowest BCUT2D eigenvalue weighted by molar-refractivity contribution is 0.102. The smallest absolute Gasteiger partial charge is 0.413 e. The third kappa shape index (κ3) is 6.11. The van der Waals surface area contributed by atoms with Crippen LogP contribution in [0.2, 0.25) is 0 Å². The number of rotatable bonds is 9. The topological polar surface area (TPSA) is 107 Å². The number of ether oxygens (including phenoxy) is 3. The average molecular weight is 520 g/mol. The SMILES string of the molecule is COc1ccc(CN(C(=O)O)c2ccc(F)c(COCc3cc(N)c(OC)c(Br)c3)n2)cc1. The second-order valence-corrected chi connectivity index (χ2v) is 7.86. The van der Waals surface area contributed by atoms with Crippen molar-refractivity contribution in [2.75, 3.05) is 24.9 Å². The van der Waals surface area contributed by atoms with Gasteiger partial charge in [-0.05, 0) is 63.5 Å². The number of methoxy groups -OCH3 is 2. The lowest BCUT2D eigenvalue weighted by Gasteiger charge is -2.19. The van der Waals surface area contributed by atoms with E-state index in [4.69, 9.17) is 19.9 Å². The van der Waals surface area contributed by atoms with Gasteiger partial charge in [-0.1, -0.05) is 12.1 Å². The maximum absolute atomic E-state index is 14.3. The zero-order chi connectivity index (χ0) is 24.0. The Balaban J connectivity index is 1.72. The van der Waals surface area contributed by atoms with Crippen molar-refractivity contribution in [1.29, 1.82) is 0 Å². The molecule has 0 spiro atoms. The molecule has 8 nitrogen and oxygen atoms in total. The van der Waals surface area contributed by atoms with Crippen molar-refractivity contribution in [3.05, 3.63) is 75.6 Å². The van der Waals surface area contributed by atoms with Gasteiger partial charge in [0.2, 0.25) is 0 Å². The van der Waals surface area contributed by atoms with Crippen molar-refractivity contribution in [3.8, 4) is 11.5 Å². The summed E-state index contributed by atoms with van der Waals surface area (Å²) in [5.74, 6) is 0.675. The second kappa shape index (κ2) is 11.0. The van der Waals surface area contributed by atoms with Crippen molar-refractivity contribution in [1.82, 2.24) is 4.98 Å². The fourth-order valence-corrected chi connectivity index (χ4v) is 3.81. The van der Waals surface area contributed by atoms with E-state index in [0.717, 1.165) is 16.0 Å². The number of carbonyl (C=O) groups is 1. The van der Waals surface area contributed by atoms with E-state index in [1.807, 2.05) is 0 Å². The quantitative estimate of drug-likeness (QED) is 0.383. The molecule has 1 aromatic heterocycles. The summed E-state index contributed by atoms with van der Waals surface area (Å²) in [6.45, 7) is 0.0310. The maximum atomic E-state index is 14.3. The lowest BCUT2D eigenvalue weighted by Crippen LogP contribution is -2.29. The predicted molar refractivity (Wildman–Crippen MR) is 125 cm³/mol. The van der Waals surface area contributed by atoms with Crippen molar-refractivity contribution < 1.29 is 28.5 Å². The first-order chi connectivity index (χ1) is 15.8. The van der Waals surface area contributed by atoms with Crippen molar-refractivity contribution >= 4 is 33.5 Å². The number of amides is 1. The van der Waals surface area contributed by atoms with Gasteiger partial charge in [-0.2, -0.15) is 0 Å². The van der Waals surface area contributed by atoms with Crippen LogP contribution in [0.4, 0.5) is 20.7 Å². The Hall–Kier alpha value is -3.37. The number of pyridine rings is 1. The third-order valence-electron chi connectivity index (χ3n) is 4.75. The molecule has 0 saturated heterocycles. The molecule has 1 heterocycles. The van der Waals surface area contributed by atoms with E-state index < -0.39 is 11.9 Å². The Morgan fingerprint density at radius 3 is 2.42 bits per heavy atom. The molecule has 0 fully saturated rings. The largest absolute Gasteiger partial charge is 0.497 e. The van der Waals surface area contributed by atoms with Crippen LogP contribution in [0.25, 0.3) is 0 Å². The molecule has 174 valence electrons. The fraction of sp³-hybridized carbons (Fsp3) is 0.217. The van der Waals surface area contributed by atoms with Gasteiger partial charge in [0.25, 0.3) is 0 Å². The minimum atomic E-state index is -1.21. The molecule has 0 aliphatic heterocycles. The first-order valence-corrected chi connectivity index (χ1v) is 10.6. The molecule has 0 atom stereocenters. The van der Waals surface area contributed by atoms with E-state index in [9.17, 15) is 14.3 Å². The first-order valence-electron chi connectivity index (χ1n) is 9.80. The maximum Gasteiger partial charge on any atom is 0.413 e. The summed E-state index contributed by atoms with van der Waals surface area (Å²) in [7, 11) is 3.07. The highest BCUT2D eigenvalue weighted by molar-refractivity contribution is 9.10. The van der Waals surface area contributed by atoms with Gasteiger partial charge >= 0.3 is 6.09 Å². The molecule has 0 unspecified atom stereocenters. The summed E-state index contributed by atoms with van der Waals surface area (Å²) in [6, 6.07) is 12.9. The molecule has 3 N–H and O–H groups in total. The number of aromatic nitrogens is 1. The molecule has 10 heteroatoms. The normalized spacial score (nSPS) is 10.7. The molecule has 0 bridgehead atoms. The monoisotopic (exact) mass is 519 g/mol. The van der Waals surface area contributed by atoms with Crippen molar-refractivity contribution in [2.45, 2.75) is 19.8 Å². The van der Waals surface area contributed by atoms with Gasteiger partial charge in [0.15, 0.2) is 5.75 Å². The summed E-state index contributed by atoms with van der Waals surface area (Å²) in [4.78, 5) is 17.1. The molecule has 3 rings (SSSR count).